The predicted molar refractivity (Wildman–Crippen MR) is 78.7 cm³/mol. The van der Waals surface area contributed by atoms with E-state index in [4.69, 9.17) is 0 Å². The lowest BCUT2D eigenvalue weighted by Crippen LogP contribution is -2.39. The molecule has 0 heterocycles. The highest BCUT2D eigenvalue weighted by molar-refractivity contribution is 5.18. The van der Waals surface area contributed by atoms with Crippen LogP contribution in [-0.4, -0.2) is 12.6 Å². The van der Waals surface area contributed by atoms with Crippen LogP contribution in [0.1, 0.15) is 45.1 Å². The standard InChI is InChI=1S/C17H26FN/c1-3-11-19-17(15-9-6-7-13(15)2)12-14-8-4-5-10-16(14)18/h4-5,8,10,13,15,17,19H,3,6-7,9,11-12H2,1-2H3. The highest BCUT2D eigenvalue weighted by Gasteiger charge is 2.30. The van der Waals surface area contributed by atoms with Crippen LogP contribution in [0.15, 0.2) is 24.3 Å². The lowest BCUT2D eigenvalue weighted by atomic mass is 9.86. The van der Waals surface area contributed by atoms with Gasteiger partial charge in [0.1, 0.15) is 5.82 Å². The summed E-state index contributed by atoms with van der Waals surface area (Å²) in [5.74, 6) is 1.41. The molecule has 0 spiro atoms. The van der Waals surface area contributed by atoms with Crippen molar-refractivity contribution in [1.29, 1.82) is 0 Å². The molecule has 0 aromatic heterocycles. The quantitative estimate of drug-likeness (QED) is 0.812. The molecule has 2 heteroatoms. The summed E-state index contributed by atoms with van der Waals surface area (Å²) in [5, 5.41) is 3.65. The smallest absolute Gasteiger partial charge is 0.126 e. The molecule has 1 aromatic carbocycles. The van der Waals surface area contributed by atoms with E-state index in [1.165, 1.54) is 19.3 Å². The van der Waals surface area contributed by atoms with E-state index in [2.05, 4.69) is 19.2 Å². The van der Waals surface area contributed by atoms with Gasteiger partial charge in [0.25, 0.3) is 0 Å². The summed E-state index contributed by atoms with van der Waals surface area (Å²) in [6.45, 7) is 5.56. The zero-order valence-electron chi connectivity index (χ0n) is 12.2. The molecule has 0 radical (unpaired) electrons. The Kier molecular flexibility index (Phi) is 5.38. The molecular weight excluding hydrogens is 237 g/mol. The highest BCUT2D eigenvalue weighted by Crippen LogP contribution is 2.35. The van der Waals surface area contributed by atoms with Crippen LogP contribution in [0, 0.1) is 17.7 Å². The number of benzene rings is 1. The Hall–Kier alpha value is -0.890. The van der Waals surface area contributed by atoms with Crippen LogP contribution in [-0.2, 0) is 6.42 Å². The van der Waals surface area contributed by atoms with Crippen molar-refractivity contribution in [3.63, 3.8) is 0 Å². The summed E-state index contributed by atoms with van der Waals surface area (Å²) in [5.41, 5.74) is 0.857. The van der Waals surface area contributed by atoms with Crippen molar-refractivity contribution < 1.29 is 4.39 Å². The Morgan fingerprint density at radius 2 is 2.11 bits per heavy atom. The number of nitrogens with one attached hydrogen (secondary N) is 1. The van der Waals surface area contributed by atoms with Gasteiger partial charge in [-0.05, 0) is 49.3 Å². The van der Waals surface area contributed by atoms with Crippen LogP contribution in [0.25, 0.3) is 0 Å². The van der Waals surface area contributed by atoms with Crippen LogP contribution < -0.4 is 5.32 Å². The van der Waals surface area contributed by atoms with Crippen LogP contribution in [0.2, 0.25) is 0 Å². The second kappa shape index (κ2) is 7.04. The van der Waals surface area contributed by atoms with Gasteiger partial charge in [0, 0.05) is 6.04 Å². The zero-order valence-corrected chi connectivity index (χ0v) is 12.2. The molecule has 1 N–H and O–H groups in total. The van der Waals surface area contributed by atoms with Crippen molar-refractivity contribution >= 4 is 0 Å². The topological polar surface area (TPSA) is 12.0 Å². The fourth-order valence-corrected chi connectivity index (χ4v) is 3.38. The number of hydrogen-bond acceptors (Lipinski definition) is 1. The number of rotatable bonds is 6. The fraction of sp³-hybridized carbons (Fsp3) is 0.647. The van der Waals surface area contributed by atoms with Gasteiger partial charge in [-0.25, -0.2) is 4.39 Å². The molecule has 1 saturated carbocycles. The van der Waals surface area contributed by atoms with Gasteiger partial charge >= 0.3 is 0 Å². The fourth-order valence-electron chi connectivity index (χ4n) is 3.38. The van der Waals surface area contributed by atoms with Crippen LogP contribution >= 0.6 is 0 Å². The molecule has 0 saturated heterocycles. The minimum absolute atomic E-state index is 0.0588. The van der Waals surface area contributed by atoms with Crippen molar-refractivity contribution in [2.24, 2.45) is 11.8 Å². The van der Waals surface area contributed by atoms with E-state index in [9.17, 15) is 4.39 Å². The first-order valence-electron chi connectivity index (χ1n) is 7.69. The van der Waals surface area contributed by atoms with E-state index < -0.39 is 0 Å². The van der Waals surface area contributed by atoms with E-state index in [1.54, 1.807) is 12.1 Å². The third-order valence-electron chi connectivity index (χ3n) is 4.50. The van der Waals surface area contributed by atoms with Gasteiger partial charge in [0.2, 0.25) is 0 Å². The second-order valence-electron chi connectivity index (χ2n) is 5.93. The Morgan fingerprint density at radius 3 is 2.74 bits per heavy atom. The minimum Gasteiger partial charge on any atom is -0.313 e. The van der Waals surface area contributed by atoms with Crippen LogP contribution in [0.5, 0.6) is 0 Å². The Bertz CT molecular complexity index is 391. The lowest BCUT2D eigenvalue weighted by Gasteiger charge is -2.28. The SMILES string of the molecule is CCCNC(Cc1ccccc1F)C1CCCC1C. The normalized spacial score (nSPS) is 24.6. The van der Waals surface area contributed by atoms with E-state index >= 15 is 0 Å². The highest BCUT2D eigenvalue weighted by atomic mass is 19.1. The van der Waals surface area contributed by atoms with Gasteiger partial charge in [-0.2, -0.15) is 0 Å². The molecule has 1 nitrogen and oxygen atoms in total. The van der Waals surface area contributed by atoms with Crippen LogP contribution in [0.4, 0.5) is 4.39 Å². The van der Waals surface area contributed by atoms with Crippen molar-refractivity contribution in [2.75, 3.05) is 6.54 Å². The van der Waals surface area contributed by atoms with Crippen molar-refractivity contribution in [3.8, 4) is 0 Å². The van der Waals surface area contributed by atoms with Crippen LogP contribution in [0.3, 0.4) is 0 Å². The summed E-state index contributed by atoms with van der Waals surface area (Å²) in [7, 11) is 0. The largest absolute Gasteiger partial charge is 0.313 e. The van der Waals surface area contributed by atoms with Crippen molar-refractivity contribution in [3.05, 3.63) is 35.6 Å². The van der Waals surface area contributed by atoms with Crippen molar-refractivity contribution in [2.45, 2.75) is 52.0 Å². The average molecular weight is 263 g/mol. The molecule has 0 aliphatic heterocycles. The molecule has 2 rings (SSSR count). The molecule has 0 bridgehead atoms. The van der Waals surface area contributed by atoms with E-state index in [0.717, 1.165) is 30.9 Å². The number of halogens is 1. The summed E-state index contributed by atoms with van der Waals surface area (Å²) >= 11 is 0. The maximum atomic E-state index is 13.8. The molecule has 1 aliphatic carbocycles. The summed E-state index contributed by atoms with van der Waals surface area (Å²) < 4.78 is 13.8. The third-order valence-corrected chi connectivity index (χ3v) is 4.50. The van der Waals surface area contributed by atoms with E-state index in [1.807, 2.05) is 12.1 Å². The molecule has 1 aliphatic rings. The summed E-state index contributed by atoms with van der Waals surface area (Å²) in [4.78, 5) is 0. The Morgan fingerprint density at radius 1 is 1.32 bits per heavy atom. The first-order chi connectivity index (χ1) is 9.22. The number of hydrogen-bond donors (Lipinski definition) is 1. The van der Waals surface area contributed by atoms with Gasteiger partial charge < -0.3 is 5.32 Å². The van der Waals surface area contributed by atoms with Gasteiger partial charge in [0.05, 0.1) is 0 Å². The third kappa shape index (κ3) is 3.79. The van der Waals surface area contributed by atoms with Gasteiger partial charge in [-0.15, -0.1) is 0 Å². The maximum absolute atomic E-state index is 13.8. The first-order valence-corrected chi connectivity index (χ1v) is 7.69. The van der Waals surface area contributed by atoms with Gasteiger partial charge in [0.15, 0.2) is 0 Å². The Labute approximate surface area is 116 Å². The molecule has 3 unspecified atom stereocenters. The van der Waals surface area contributed by atoms with E-state index in [-0.39, 0.29) is 5.82 Å². The molecular formula is C17H26FN. The molecule has 1 aromatic rings. The second-order valence-corrected chi connectivity index (χ2v) is 5.93. The van der Waals surface area contributed by atoms with Gasteiger partial charge in [-0.3, -0.25) is 0 Å². The minimum atomic E-state index is -0.0588. The Balaban J connectivity index is 2.07. The molecule has 106 valence electrons. The lowest BCUT2D eigenvalue weighted by molar-refractivity contribution is 0.293. The average Bonchev–Trinajstić information content (AvgIpc) is 2.83. The molecule has 1 fully saturated rings. The predicted octanol–water partition coefficient (Wildman–Crippen LogP) is 4.17. The molecule has 0 amide bonds. The van der Waals surface area contributed by atoms with E-state index in [0.29, 0.717) is 12.0 Å². The van der Waals surface area contributed by atoms with Crippen molar-refractivity contribution in [1.82, 2.24) is 5.32 Å². The monoisotopic (exact) mass is 263 g/mol. The summed E-state index contributed by atoms with van der Waals surface area (Å²) in [6.07, 6.45) is 5.90. The molecule has 3 atom stereocenters. The summed E-state index contributed by atoms with van der Waals surface area (Å²) in [6, 6.07) is 7.63. The van der Waals surface area contributed by atoms with Gasteiger partial charge in [-0.1, -0.05) is 44.9 Å². The maximum Gasteiger partial charge on any atom is 0.126 e. The molecule has 19 heavy (non-hydrogen) atoms. The zero-order chi connectivity index (χ0) is 13.7. The first kappa shape index (κ1) is 14.5.